The summed E-state index contributed by atoms with van der Waals surface area (Å²) in [5.74, 6) is 0. The third kappa shape index (κ3) is 23.5. The molecule has 0 atom stereocenters. The van der Waals surface area contributed by atoms with Crippen LogP contribution in [0.2, 0.25) is 13.3 Å². The van der Waals surface area contributed by atoms with Crippen molar-refractivity contribution >= 4 is 98.1 Å². The number of unbranched alkanes of at least 4 members (excludes halogenated alkanes) is 30. The van der Waals surface area contributed by atoms with E-state index in [-0.39, 0.29) is 0 Å². The number of hydrogen-bond acceptors (Lipinski definition) is 5. The first-order chi connectivity index (χ1) is 37.5. The zero-order valence-electron chi connectivity index (χ0n) is 50.0. The van der Waals surface area contributed by atoms with Crippen molar-refractivity contribution in [3.63, 3.8) is 0 Å². The molecule has 0 unspecified atom stereocenters. The van der Waals surface area contributed by atoms with E-state index in [2.05, 4.69) is 111 Å². The first-order valence-electron chi connectivity index (χ1n) is 32.7. The Morgan fingerprint density at radius 3 is 1.11 bits per heavy atom. The minimum Gasteiger partial charge on any atom is -0.143 e. The molecule has 0 saturated carbocycles. The van der Waals surface area contributed by atoms with Gasteiger partial charge in [0.05, 0.1) is 0 Å². The number of aryl methyl sites for hydroxylation is 3. The maximum atomic E-state index is 2.53. The second-order valence-electron chi connectivity index (χ2n) is 23.3. The third-order valence-corrected chi connectivity index (χ3v) is 40.9. The van der Waals surface area contributed by atoms with Crippen LogP contribution in [0.4, 0.5) is 0 Å². The fourth-order valence-electron chi connectivity index (χ4n) is 12.0. The van der Waals surface area contributed by atoms with E-state index < -0.39 is 18.4 Å². The molecule has 0 radical (unpaired) electrons. The normalized spacial score (nSPS) is 11.9. The first-order valence-corrected chi connectivity index (χ1v) is 44.4. The fourth-order valence-corrected chi connectivity index (χ4v) is 37.7. The Morgan fingerprint density at radius 2 is 0.684 bits per heavy atom. The number of hydrogen-bond donors (Lipinski definition) is 0. The predicted octanol–water partition coefficient (Wildman–Crippen LogP) is 26.8. The van der Waals surface area contributed by atoms with Crippen LogP contribution in [-0.2, 0) is 19.3 Å². The van der Waals surface area contributed by atoms with Gasteiger partial charge in [0, 0.05) is 34.3 Å². The molecule has 0 nitrogen and oxygen atoms in total. The molecule has 6 aromatic rings. The van der Waals surface area contributed by atoms with Crippen molar-refractivity contribution in [1.29, 1.82) is 0 Å². The van der Waals surface area contributed by atoms with Crippen molar-refractivity contribution in [3.05, 3.63) is 75.3 Å². The van der Waals surface area contributed by atoms with Crippen LogP contribution in [0.1, 0.15) is 289 Å². The van der Waals surface area contributed by atoms with Crippen LogP contribution in [0.15, 0.2) is 58.6 Å². The van der Waals surface area contributed by atoms with E-state index in [1.807, 2.05) is 48.2 Å². The van der Waals surface area contributed by atoms with Crippen molar-refractivity contribution in [3.8, 4) is 19.5 Å². The number of benzene rings is 1. The van der Waals surface area contributed by atoms with Gasteiger partial charge < -0.3 is 0 Å². The van der Waals surface area contributed by atoms with Gasteiger partial charge in [-0.25, -0.2) is 0 Å². The number of rotatable bonds is 45. The van der Waals surface area contributed by atoms with Crippen molar-refractivity contribution in [1.82, 2.24) is 0 Å². The molecule has 76 heavy (non-hydrogen) atoms. The smallest absolute Gasteiger partial charge is 0.0474 e. The van der Waals surface area contributed by atoms with Crippen molar-refractivity contribution in [2.24, 2.45) is 0 Å². The van der Waals surface area contributed by atoms with Gasteiger partial charge in [-0.3, -0.25) is 0 Å². The molecule has 0 aliphatic carbocycles. The summed E-state index contributed by atoms with van der Waals surface area (Å²) < 4.78 is 9.77. The molecule has 0 bridgehead atoms. The maximum Gasteiger partial charge on any atom is 0.0474 e. The maximum absolute atomic E-state index is 2.53. The quantitative estimate of drug-likeness (QED) is 0.0264. The molecule has 6 heteroatoms. The van der Waals surface area contributed by atoms with Crippen LogP contribution < -0.4 is 2.89 Å². The Kier molecular flexibility index (Phi) is 35.6. The average molecular weight is 1230 g/mol. The van der Waals surface area contributed by atoms with Gasteiger partial charge in [-0.15, -0.1) is 45.3 Å². The van der Waals surface area contributed by atoms with Gasteiger partial charge in [0.1, 0.15) is 0 Å². The Bertz CT molecular complexity index is 2180. The van der Waals surface area contributed by atoms with E-state index in [1.165, 1.54) is 290 Å². The van der Waals surface area contributed by atoms with Crippen LogP contribution >= 0.6 is 56.7 Å². The molecule has 0 amide bonds. The summed E-state index contributed by atoms with van der Waals surface area (Å²) in [6, 6.07) is 17.0. The minimum atomic E-state index is -2.22. The Labute approximate surface area is 493 Å². The first kappa shape index (κ1) is 65.8. The molecule has 1 aromatic carbocycles. The van der Waals surface area contributed by atoms with Crippen LogP contribution in [0.25, 0.3) is 39.7 Å². The fraction of sp³-hybridized carbons (Fsp3) is 0.686. The Balaban J connectivity index is 0.000000309. The van der Waals surface area contributed by atoms with Gasteiger partial charge in [-0.1, -0.05) is 149 Å². The Hall–Kier alpha value is -0.961. The molecule has 0 N–H and O–H groups in total. The van der Waals surface area contributed by atoms with Crippen LogP contribution in [0.3, 0.4) is 0 Å². The van der Waals surface area contributed by atoms with Crippen LogP contribution in [0.5, 0.6) is 0 Å². The van der Waals surface area contributed by atoms with Crippen molar-refractivity contribution in [2.75, 3.05) is 0 Å². The molecular formula is C70H112S5Sn. The zero-order valence-corrected chi connectivity index (χ0v) is 56.9. The summed E-state index contributed by atoms with van der Waals surface area (Å²) in [5.41, 5.74) is 4.93. The average Bonchev–Trinajstić information content (AvgIpc) is 4.33. The van der Waals surface area contributed by atoms with Crippen molar-refractivity contribution < 1.29 is 0 Å². The Morgan fingerprint density at radius 1 is 0.329 bits per heavy atom. The second-order valence-corrected chi connectivity index (χ2v) is 42.3. The van der Waals surface area contributed by atoms with E-state index in [1.54, 1.807) is 30.0 Å². The van der Waals surface area contributed by atoms with Gasteiger partial charge in [-0.2, -0.15) is 0 Å². The van der Waals surface area contributed by atoms with E-state index in [0.717, 1.165) is 0 Å². The number of fused-ring (bicyclic) bond motifs is 3. The molecule has 5 heterocycles. The van der Waals surface area contributed by atoms with E-state index in [0.29, 0.717) is 0 Å². The van der Waals surface area contributed by atoms with Gasteiger partial charge >= 0.3 is 186 Å². The SMILES string of the molecule is CCCCCCCCCCCCc1ccs[c]1[Sn]([CH2]CCC)([CH2]CCC)[CH2]CCC.CCCCCCCCCCCCc1ccsc1-c1cc2c(ccc3cc(-c4sccc4CCCCCCCCCCCC)sc32)s1. The van der Waals surface area contributed by atoms with Crippen molar-refractivity contribution in [2.45, 2.75) is 305 Å². The topological polar surface area (TPSA) is 0 Å². The van der Waals surface area contributed by atoms with E-state index in [9.17, 15) is 0 Å². The van der Waals surface area contributed by atoms with E-state index in [4.69, 9.17) is 0 Å². The summed E-state index contributed by atoms with van der Waals surface area (Å²) in [4.78, 5) is 5.95. The monoisotopic (exact) mass is 1230 g/mol. The standard InChI is InChI=1S/C42H58S4.C16H27S.3C4H9.Sn/c1-3-5-7-9-11-13-15-17-19-21-23-33-27-29-43-41(33)38-31-35-25-26-37-36(40(35)46-38)32-39(45-37)42-34(28-30-44-42)24-22-20-18-16-14-12-10-8-6-4-2;1-2-3-4-5-6-7-8-9-10-11-12-16-13-14-17-15-16;3*1-3-4-2;/h25-32H,3-24H2,1-2H3;13-14H,2-12H2,1H3;3*1,3-4H2,2H3;. The zero-order chi connectivity index (χ0) is 53.7. The van der Waals surface area contributed by atoms with Gasteiger partial charge in [-0.05, 0) is 83.3 Å². The molecule has 6 rings (SSSR count). The van der Waals surface area contributed by atoms with Gasteiger partial charge in [0.15, 0.2) is 0 Å². The summed E-state index contributed by atoms with van der Waals surface area (Å²) in [5, 5.41) is 9.95. The molecule has 0 spiro atoms. The summed E-state index contributed by atoms with van der Waals surface area (Å²) in [6.45, 7) is 14.1. The second kappa shape index (κ2) is 41.1. The van der Waals surface area contributed by atoms with Crippen LogP contribution in [-0.4, -0.2) is 18.4 Å². The van der Waals surface area contributed by atoms with E-state index >= 15 is 0 Å². The summed E-state index contributed by atoms with van der Waals surface area (Å²) >= 11 is 7.86. The molecule has 0 aliphatic rings. The largest absolute Gasteiger partial charge is 0.143 e. The summed E-state index contributed by atoms with van der Waals surface area (Å²) in [7, 11) is 0. The molecular weight excluding hydrogens is 1120 g/mol. The number of thiophene rings is 5. The predicted molar refractivity (Wildman–Crippen MR) is 359 cm³/mol. The summed E-state index contributed by atoms with van der Waals surface area (Å²) in [6.07, 6.45) is 55.0. The van der Waals surface area contributed by atoms with Crippen LogP contribution in [0, 0.1) is 0 Å². The molecule has 0 saturated heterocycles. The molecule has 0 aliphatic heterocycles. The minimum absolute atomic E-state index is 1.22. The molecule has 0 fully saturated rings. The molecule has 426 valence electrons. The molecule has 5 aromatic heterocycles. The van der Waals surface area contributed by atoms with Gasteiger partial charge in [0.25, 0.3) is 0 Å². The third-order valence-electron chi connectivity index (χ3n) is 16.8. The van der Waals surface area contributed by atoms with Gasteiger partial charge in [0.2, 0.25) is 0 Å².